The minimum absolute atomic E-state index is 0.00493. The van der Waals surface area contributed by atoms with Crippen molar-refractivity contribution in [2.75, 3.05) is 22.1 Å². The van der Waals surface area contributed by atoms with Gasteiger partial charge in [0.05, 0.1) is 11.5 Å². The van der Waals surface area contributed by atoms with Gasteiger partial charge in [-0.25, -0.2) is 8.42 Å². The Hall–Kier alpha value is -4.63. The fraction of sp³-hybridized carbons (Fsp3) is 0.188. The summed E-state index contributed by atoms with van der Waals surface area (Å²) >= 11 is 0. The fourth-order valence-electron chi connectivity index (χ4n) is 4.81. The highest BCUT2D eigenvalue weighted by molar-refractivity contribution is 7.91. The second-order valence-corrected chi connectivity index (χ2v) is 12.1. The maximum atomic E-state index is 12.8. The third-order valence-corrected chi connectivity index (χ3v) is 8.60. The van der Waals surface area contributed by atoms with E-state index in [0.717, 1.165) is 0 Å². The van der Waals surface area contributed by atoms with Crippen LogP contribution in [0.15, 0.2) is 109 Å². The molecule has 1 aliphatic heterocycles. The van der Waals surface area contributed by atoms with Crippen LogP contribution < -0.4 is 20.1 Å². The van der Waals surface area contributed by atoms with Crippen LogP contribution in [-0.4, -0.2) is 31.7 Å². The van der Waals surface area contributed by atoms with Crippen LogP contribution in [0.4, 0.5) is 11.4 Å². The van der Waals surface area contributed by atoms with Crippen molar-refractivity contribution >= 4 is 33.0 Å². The minimum Gasteiger partial charge on any atom is -0.457 e. The van der Waals surface area contributed by atoms with Crippen LogP contribution in [0, 0.1) is 11.8 Å². The summed E-state index contributed by atoms with van der Waals surface area (Å²) in [6.45, 7) is 0. The van der Waals surface area contributed by atoms with Crippen LogP contribution >= 0.6 is 0 Å². The third-order valence-electron chi connectivity index (χ3n) is 6.73. The molecule has 1 fully saturated rings. The van der Waals surface area contributed by atoms with Gasteiger partial charge < -0.3 is 20.1 Å². The topological polar surface area (TPSA) is 111 Å². The first-order valence-electron chi connectivity index (χ1n) is 13.3. The van der Waals surface area contributed by atoms with Gasteiger partial charge >= 0.3 is 0 Å². The van der Waals surface area contributed by atoms with Crippen LogP contribution in [-0.2, 0) is 19.4 Å². The van der Waals surface area contributed by atoms with Gasteiger partial charge in [0.15, 0.2) is 9.84 Å². The zero-order valence-corrected chi connectivity index (χ0v) is 23.0. The monoisotopic (exact) mass is 570 g/mol. The van der Waals surface area contributed by atoms with Gasteiger partial charge in [0.25, 0.3) is 0 Å². The first-order valence-corrected chi connectivity index (χ1v) is 15.1. The fourth-order valence-corrected chi connectivity index (χ4v) is 7.03. The maximum absolute atomic E-state index is 12.8. The average molecular weight is 571 g/mol. The number of ether oxygens (including phenoxy) is 2. The molecule has 9 heteroatoms. The Morgan fingerprint density at radius 3 is 1.27 bits per heavy atom. The van der Waals surface area contributed by atoms with Gasteiger partial charge in [-0.15, -0.1) is 0 Å². The molecular weight excluding hydrogens is 540 g/mol. The molecule has 210 valence electrons. The van der Waals surface area contributed by atoms with Gasteiger partial charge in [0, 0.05) is 24.2 Å². The van der Waals surface area contributed by atoms with E-state index in [1.165, 1.54) is 0 Å². The van der Waals surface area contributed by atoms with Crippen molar-refractivity contribution < 1.29 is 27.5 Å². The number of sulfone groups is 1. The molecule has 0 radical (unpaired) electrons. The zero-order chi connectivity index (χ0) is 28.7. The first-order chi connectivity index (χ1) is 19.8. The van der Waals surface area contributed by atoms with Crippen molar-refractivity contribution in [2.24, 2.45) is 11.8 Å². The Morgan fingerprint density at radius 2 is 0.902 bits per heavy atom. The minimum atomic E-state index is -3.35. The van der Waals surface area contributed by atoms with E-state index in [1.807, 2.05) is 60.7 Å². The second-order valence-electron chi connectivity index (χ2n) is 9.98. The van der Waals surface area contributed by atoms with E-state index >= 15 is 0 Å². The quantitative estimate of drug-likeness (QED) is 0.232. The van der Waals surface area contributed by atoms with Gasteiger partial charge in [0.1, 0.15) is 23.0 Å². The zero-order valence-electron chi connectivity index (χ0n) is 22.2. The van der Waals surface area contributed by atoms with Gasteiger partial charge in [-0.3, -0.25) is 9.59 Å². The van der Waals surface area contributed by atoms with Crippen molar-refractivity contribution in [2.45, 2.75) is 12.8 Å². The van der Waals surface area contributed by atoms with E-state index in [4.69, 9.17) is 9.47 Å². The number of para-hydroxylation sites is 2. The summed E-state index contributed by atoms with van der Waals surface area (Å²) in [4.78, 5) is 25.6. The van der Waals surface area contributed by atoms with Crippen molar-refractivity contribution in [3.8, 4) is 23.0 Å². The molecule has 0 saturated carbocycles. The lowest BCUT2D eigenvalue weighted by Gasteiger charge is -2.17. The molecule has 4 aromatic carbocycles. The summed E-state index contributed by atoms with van der Waals surface area (Å²) in [5, 5.41) is 5.64. The number of rotatable bonds is 10. The molecule has 0 spiro atoms. The van der Waals surface area contributed by atoms with E-state index in [-0.39, 0.29) is 36.2 Å². The molecule has 0 aromatic heterocycles. The molecule has 0 bridgehead atoms. The number of anilines is 2. The lowest BCUT2D eigenvalue weighted by Crippen LogP contribution is -2.25. The second kappa shape index (κ2) is 12.7. The van der Waals surface area contributed by atoms with Gasteiger partial charge in [0.2, 0.25) is 11.8 Å². The third kappa shape index (κ3) is 8.18. The average Bonchev–Trinajstić information content (AvgIpc) is 3.23. The lowest BCUT2D eigenvalue weighted by atomic mass is 9.89. The lowest BCUT2D eigenvalue weighted by molar-refractivity contribution is -0.119. The summed E-state index contributed by atoms with van der Waals surface area (Å²) in [5.41, 5.74) is 1.15. The largest absolute Gasteiger partial charge is 0.457 e. The highest BCUT2D eigenvalue weighted by Gasteiger charge is 2.39. The molecule has 1 aliphatic rings. The Labute approximate surface area is 239 Å². The maximum Gasteiger partial charge on any atom is 0.224 e. The molecule has 0 aliphatic carbocycles. The van der Waals surface area contributed by atoms with Crippen LogP contribution in [0.2, 0.25) is 0 Å². The molecule has 2 atom stereocenters. The summed E-state index contributed by atoms with van der Waals surface area (Å²) < 4.78 is 36.4. The van der Waals surface area contributed by atoms with E-state index < -0.39 is 21.7 Å². The molecule has 1 saturated heterocycles. The number of hydrogen-bond acceptors (Lipinski definition) is 6. The standard InChI is InChI=1S/C32H30N2O6S/c35-31(33-25-11-15-29(16-12-25)39-27-7-3-1-4-8-27)19-23-21-41(37,38)22-24(23)20-32(36)34-26-13-17-30(18-14-26)40-28-9-5-2-6-10-28/h1-18,23-24H,19-22H2,(H,33,35)(H,34,36). The Kier molecular flexibility index (Phi) is 8.64. The summed E-state index contributed by atoms with van der Waals surface area (Å²) in [7, 11) is -3.35. The van der Waals surface area contributed by atoms with E-state index in [2.05, 4.69) is 10.6 Å². The normalized spacial score (nSPS) is 17.4. The molecule has 2 N–H and O–H groups in total. The number of hydrogen-bond donors (Lipinski definition) is 2. The molecule has 5 rings (SSSR count). The highest BCUT2D eigenvalue weighted by atomic mass is 32.2. The van der Waals surface area contributed by atoms with Crippen LogP contribution in [0.3, 0.4) is 0 Å². The van der Waals surface area contributed by atoms with Gasteiger partial charge in [-0.05, 0) is 84.6 Å². The molecule has 41 heavy (non-hydrogen) atoms. The van der Waals surface area contributed by atoms with Gasteiger partial charge in [-0.2, -0.15) is 0 Å². The smallest absolute Gasteiger partial charge is 0.224 e. The highest BCUT2D eigenvalue weighted by Crippen LogP contribution is 2.32. The van der Waals surface area contributed by atoms with Crippen molar-refractivity contribution in [3.05, 3.63) is 109 Å². The first kappa shape index (κ1) is 27.9. The van der Waals surface area contributed by atoms with Crippen LogP contribution in [0.25, 0.3) is 0 Å². The van der Waals surface area contributed by atoms with Crippen molar-refractivity contribution in [1.29, 1.82) is 0 Å². The Bertz CT molecular complexity index is 1460. The predicted octanol–water partition coefficient (Wildman–Crippen LogP) is 6.29. The molecule has 2 unspecified atom stereocenters. The van der Waals surface area contributed by atoms with Crippen LogP contribution in [0.1, 0.15) is 12.8 Å². The van der Waals surface area contributed by atoms with E-state index in [0.29, 0.717) is 34.4 Å². The van der Waals surface area contributed by atoms with Crippen LogP contribution in [0.5, 0.6) is 23.0 Å². The Balaban J connectivity index is 1.13. The predicted molar refractivity (Wildman–Crippen MR) is 158 cm³/mol. The van der Waals surface area contributed by atoms with E-state index in [9.17, 15) is 18.0 Å². The summed E-state index contributed by atoms with van der Waals surface area (Å²) in [6.07, 6.45) is 0.00985. The summed E-state index contributed by atoms with van der Waals surface area (Å²) in [6, 6.07) is 32.6. The van der Waals surface area contributed by atoms with Gasteiger partial charge in [-0.1, -0.05) is 36.4 Å². The van der Waals surface area contributed by atoms with Crippen molar-refractivity contribution in [3.63, 3.8) is 0 Å². The van der Waals surface area contributed by atoms with Crippen molar-refractivity contribution in [1.82, 2.24) is 0 Å². The molecule has 4 aromatic rings. The van der Waals surface area contributed by atoms with E-state index in [1.54, 1.807) is 48.5 Å². The SMILES string of the molecule is O=C(CC1CS(=O)(=O)CC1CC(=O)Nc1ccc(Oc2ccccc2)cc1)Nc1ccc(Oc2ccccc2)cc1. The molecular formula is C32H30N2O6S. The number of amides is 2. The number of benzene rings is 4. The Morgan fingerprint density at radius 1 is 0.561 bits per heavy atom. The molecule has 1 heterocycles. The number of nitrogens with one attached hydrogen (secondary N) is 2. The molecule has 2 amide bonds. The summed E-state index contributed by atoms with van der Waals surface area (Å²) in [5.74, 6) is 0.919. The number of carbonyl (C=O) groups is 2. The number of carbonyl (C=O) groups excluding carboxylic acids is 2. The molecule has 8 nitrogen and oxygen atoms in total.